The van der Waals surface area contributed by atoms with Crippen LogP contribution in [-0.2, 0) is 9.59 Å². The molecule has 1 amide bonds. The summed E-state index contributed by atoms with van der Waals surface area (Å²) in [5, 5.41) is 2.48. The van der Waals surface area contributed by atoms with Crippen LogP contribution in [0.2, 0.25) is 0 Å². The Bertz CT molecular complexity index is 637. The molecule has 0 aliphatic carbocycles. The minimum atomic E-state index is -5.05. The van der Waals surface area contributed by atoms with Crippen molar-refractivity contribution in [3.05, 3.63) is 23.3 Å². The molecule has 2 rings (SSSR count). The molecule has 0 radical (unpaired) electrons. The van der Waals surface area contributed by atoms with Crippen LogP contribution in [0.25, 0.3) is 0 Å². The molecular formula is C13H10F3NO4. The highest BCUT2D eigenvalue weighted by Gasteiger charge is 2.39. The molecule has 1 aliphatic heterocycles. The van der Waals surface area contributed by atoms with Gasteiger partial charge in [-0.25, -0.2) is 0 Å². The summed E-state index contributed by atoms with van der Waals surface area (Å²) in [5.74, 6) is -3.17. The first kappa shape index (κ1) is 15.0. The Hall–Kier alpha value is -2.38. The summed E-state index contributed by atoms with van der Waals surface area (Å²) in [6.45, 7) is 1.28. The quantitative estimate of drug-likeness (QED) is 0.685. The van der Waals surface area contributed by atoms with E-state index < -0.39 is 30.1 Å². The number of carbonyl (C=O) groups is 3. The first-order valence-electron chi connectivity index (χ1n) is 5.89. The first-order chi connectivity index (χ1) is 9.70. The van der Waals surface area contributed by atoms with E-state index in [1.807, 2.05) is 0 Å². The van der Waals surface area contributed by atoms with Crippen molar-refractivity contribution in [1.82, 2.24) is 0 Å². The number of anilines is 1. The Kier molecular flexibility index (Phi) is 3.71. The number of amides is 1. The fourth-order valence-corrected chi connectivity index (χ4v) is 1.92. The van der Waals surface area contributed by atoms with Gasteiger partial charge in [-0.1, -0.05) is 0 Å². The van der Waals surface area contributed by atoms with E-state index in [0.29, 0.717) is 5.75 Å². The molecule has 21 heavy (non-hydrogen) atoms. The second-order valence-corrected chi connectivity index (χ2v) is 4.47. The van der Waals surface area contributed by atoms with Gasteiger partial charge in [0.25, 0.3) is 5.91 Å². The third-order valence-corrected chi connectivity index (χ3v) is 2.99. The Morgan fingerprint density at radius 2 is 2.00 bits per heavy atom. The summed E-state index contributed by atoms with van der Waals surface area (Å²) in [6.07, 6.45) is -6.31. The number of ether oxygens (including phenoxy) is 1. The zero-order chi connectivity index (χ0) is 15.8. The lowest BCUT2D eigenvalue weighted by Gasteiger charge is -2.21. The van der Waals surface area contributed by atoms with E-state index in [0.717, 1.165) is 0 Å². The standard InChI is InChI=1S/C13H10F3NO4/c1-6-7(8(18)4-10(19)13(14,15)16)2-3-9-12(6)17-11(20)5-21-9/h2-3H,4-5H2,1H3,(H,17,20). The maximum absolute atomic E-state index is 12.2. The van der Waals surface area contributed by atoms with Crippen molar-refractivity contribution in [2.24, 2.45) is 0 Å². The van der Waals surface area contributed by atoms with Gasteiger partial charge in [0.1, 0.15) is 5.75 Å². The monoisotopic (exact) mass is 301 g/mol. The summed E-state index contributed by atoms with van der Waals surface area (Å²) in [5.41, 5.74) is 0.439. The second kappa shape index (κ2) is 5.19. The molecule has 8 heteroatoms. The fraction of sp³-hybridized carbons (Fsp3) is 0.308. The van der Waals surface area contributed by atoms with Gasteiger partial charge in [0.2, 0.25) is 5.78 Å². The van der Waals surface area contributed by atoms with Crippen LogP contribution in [0.4, 0.5) is 18.9 Å². The Labute approximate surface area is 117 Å². The van der Waals surface area contributed by atoms with Crippen molar-refractivity contribution in [2.45, 2.75) is 19.5 Å². The van der Waals surface area contributed by atoms with Crippen molar-refractivity contribution >= 4 is 23.2 Å². The van der Waals surface area contributed by atoms with Crippen molar-refractivity contribution in [3.63, 3.8) is 0 Å². The highest BCUT2D eigenvalue weighted by atomic mass is 19.4. The number of halogens is 3. The van der Waals surface area contributed by atoms with Crippen LogP contribution in [0.5, 0.6) is 5.75 Å². The van der Waals surface area contributed by atoms with E-state index in [9.17, 15) is 27.6 Å². The van der Waals surface area contributed by atoms with Crippen molar-refractivity contribution in [3.8, 4) is 5.75 Å². The van der Waals surface area contributed by atoms with Crippen LogP contribution in [-0.4, -0.2) is 30.3 Å². The molecule has 1 N–H and O–H groups in total. The summed E-state index contributed by atoms with van der Waals surface area (Å²) in [7, 11) is 0. The minimum absolute atomic E-state index is 0.0582. The Morgan fingerprint density at radius 1 is 1.33 bits per heavy atom. The number of Topliss-reactive ketones (excluding diaryl/α,β-unsaturated/α-hetero) is 2. The molecule has 1 aliphatic rings. The zero-order valence-corrected chi connectivity index (χ0v) is 10.8. The molecule has 0 saturated carbocycles. The molecular weight excluding hydrogens is 291 g/mol. The number of carbonyl (C=O) groups excluding carboxylic acids is 3. The van der Waals surface area contributed by atoms with Crippen LogP contribution in [0.15, 0.2) is 12.1 Å². The van der Waals surface area contributed by atoms with Crippen molar-refractivity contribution < 1.29 is 32.3 Å². The fourth-order valence-electron chi connectivity index (χ4n) is 1.92. The number of nitrogens with one attached hydrogen (secondary N) is 1. The molecule has 0 fully saturated rings. The molecule has 0 saturated heterocycles. The van der Waals surface area contributed by atoms with Crippen LogP contribution >= 0.6 is 0 Å². The van der Waals surface area contributed by atoms with Crippen molar-refractivity contribution in [1.29, 1.82) is 0 Å². The maximum Gasteiger partial charge on any atom is 0.450 e. The van der Waals surface area contributed by atoms with Crippen LogP contribution in [0.3, 0.4) is 0 Å². The van der Waals surface area contributed by atoms with E-state index in [1.54, 1.807) is 0 Å². The second-order valence-electron chi connectivity index (χ2n) is 4.47. The van der Waals surface area contributed by atoms with Gasteiger partial charge in [0.15, 0.2) is 12.4 Å². The lowest BCUT2D eigenvalue weighted by Crippen LogP contribution is -2.27. The SMILES string of the molecule is Cc1c(C(=O)CC(=O)C(F)(F)F)ccc2c1NC(=O)CO2. The first-order valence-corrected chi connectivity index (χ1v) is 5.89. The lowest BCUT2D eigenvalue weighted by atomic mass is 9.98. The van der Waals surface area contributed by atoms with Crippen molar-refractivity contribution in [2.75, 3.05) is 11.9 Å². The smallest absolute Gasteiger partial charge is 0.450 e. The third kappa shape index (κ3) is 3.04. The van der Waals surface area contributed by atoms with Crippen LogP contribution in [0, 0.1) is 6.92 Å². The van der Waals surface area contributed by atoms with E-state index in [-0.39, 0.29) is 23.4 Å². The van der Waals surface area contributed by atoms with Crippen LogP contribution < -0.4 is 10.1 Å². The molecule has 112 valence electrons. The maximum atomic E-state index is 12.2. The number of ketones is 2. The Morgan fingerprint density at radius 3 is 2.62 bits per heavy atom. The number of benzene rings is 1. The molecule has 0 atom stereocenters. The summed E-state index contributed by atoms with van der Waals surface area (Å²) < 4.78 is 41.6. The molecule has 0 unspecified atom stereocenters. The van der Waals surface area contributed by atoms with E-state index in [1.165, 1.54) is 19.1 Å². The average molecular weight is 301 g/mol. The van der Waals surface area contributed by atoms with Gasteiger partial charge in [-0.2, -0.15) is 13.2 Å². The summed E-state index contributed by atoms with van der Waals surface area (Å²) >= 11 is 0. The van der Waals surface area contributed by atoms with Gasteiger partial charge in [0, 0.05) is 5.56 Å². The summed E-state index contributed by atoms with van der Waals surface area (Å²) in [4.78, 5) is 33.9. The molecule has 1 aromatic carbocycles. The largest absolute Gasteiger partial charge is 0.482 e. The molecule has 0 aromatic heterocycles. The number of fused-ring (bicyclic) bond motifs is 1. The number of alkyl halides is 3. The van der Waals surface area contributed by atoms with Crippen LogP contribution in [0.1, 0.15) is 22.3 Å². The molecule has 0 spiro atoms. The zero-order valence-electron chi connectivity index (χ0n) is 10.8. The average Bonchev–Trinajstić information content (AvgIpc) is 2.38. The van der Waals surface area contributed by atoms with Gasteiger partial charge in [-0.05, 0) is 24.6 Å². The van der Waals surface area contributed by atoms with Gasteiger partial charge in [-0.3, -0.25) is 14.4 Å². The molecule has 1 heterocycles. The highest BCUT2D eigenvalue weighted by molar-refractivity contribution is 6.11. The number of rotatable bonds is 3. The topological polar surface area (TPSA) is 72.5 Å². The third-order valence-electron chi connectivity index (χ3n) is 2.99. The van der Waals surface area contributed by atoms with Gasteiger partial charge in [-0.15, -0.1) is 0 Å². The lowest BCUT2D eigenvalue weighted by molar-refractivity contribution is -0.170. The number of hydrogen-bond acceptors (Lipinski definition) is 4. The van der Waals surface area contributed by atoms with E-state index in [2.05, 4.69) is 5.32 Å². The predicted molar refractivity (Wildman–Crippen MR) is 65.3 cm³/mol. The van der Waals surface area contributed by atoms with Gasteiger partial charge >= 0.3 is 6.18 Å². The molecule has 1 aromatic rings. The van der Waals surface area contributed by atoms with Gasteiger partial charge in [0.05, 0.1) is 12.1 Å². The summed E-state index contributed by atoms with van der Waals surface area (Å²) in [6, 6.07) is 2.64. The van der Waals surface area contributed by atoms with E-state index in [4.69, 9.17) is 4.74 Å². The number of hydrogen-bond donors (Lipinski definition) is 1. The molecule has 5 nitrogen and oxygen atoms in total. The minimum Gasteiger partial charge on any atom is -0.482 e. The normalized spacial score (nSPS) is 14.0. The van der Waals surface area contributed by atoms with E-state index >= 15 is 0 Å². The highest BCUT2D eigenvalue weighted by Crippen LogP contribution is 2.33. The molecule has 0 bridgehead atoms. The van der Waals surface area contributed by atoms with Gasteiger partial charge < -0.3 is 10.1 Å². The predicted octanol–water partition coefficient (Wildman–Crippen LogP) is 2.03. The Balaban J connectivity index is 2.29.